The third-order valence-electron chi connectivity index (χ3n) is 3.87. The zero-order chi connectivity index (χ0) is 18.4. The van der Waals surface area contributed by atoms with E-state index in [2.05, 4.69) is 5.32 Å². The largest absolute Gasteiger partial charge is 0.481 e. The first-order valence-electron chi connectivity index (χ1n) is 8.48. The maximum Gasteiger partial charge on any atom is 0.265 e. The van der Waals surface area contributed by atoms with Crippen LogP contribution in [0.15, 0.2) is 78.9 Å². The van der Waals surface area contributed by atoms with Crippen LogP contribution in [-0.2, 0) is 4.79 Å². The smallest absolute Gasteiger partial charge is 0.265 e. The molecule has 3 rings (SSSR count). The van der Waals surface area contributed by atoms with Crippen LogP contribution >= 0.6 is 0 Å². The van der Waals surface area contributed by atoms with E-state index >= 15 is 0 Å². The minimum atomic E-state index is -0.601. The molecule has 1 atom stereocenters. The Kier molecular flexibility index (Phi) is 5.54. The molecule has 26 heavy (non-hydrogen) atoms. The van der Waals surface area contributed by atoms with E-state index in [4.69, 9.17) is 9.47 Å². The van der Waals surface area contributed by atoms with Crippen molar-refractivity contribution in [3.8, 4) is 17.2 Å². The second kappa shape index (κ2) is 8.21. The molecule has 1 N–H and O–H groups in total. The monoisotopic (exact) mass is 347 g/mol. The second-order valence-electron chi connectivity index (χ2n) is 5.95. The first-order chi connectivity index (χ1) is 12.6. The highest BCUT2D eigenvalue weighted by Gasteiger charge is 2.15. The molecular formula is C22H21NO3. The van der Waals surface area contributed by atoms with Gasteiger partial charge in [-0.15, -0.1) is 0 Å². The zero-order valence-electron chi connectivity index (χ0n) is 14.8. The van der Waals surface area contributed by atoms with Crippen molar-refractivity contribution < 1.29 is 14.3 Å². The molecule has 3 aromatic rings. The fraction of sp³-hybridized carbons (Fsp3) is 0.136. The van der Waals surface area contributed by atoms with Crippen LogP contribution in [0.1, 0.15) is 12.5 Å². The van der Waals surface area contributed by atoms with Gasteiger partial charge in [0.15, 0.2) is 6.10 Å². The molecule has 0 aliphatic rings. The van der Waals surface area contributed by atoms with Crippen LogP contribution in [0.2, 0.25) is 0 Å². The van der Waals surface area contributed by atoms with Gasteiger partial charge < -0.3 is 14.8 Å². The highest BCUT2D eigenvalue weighted by atomic mass is 16.5. The minimum Gasteiger partial charge on any atom is -0.481 e. The molecule has 0 aliphatic heterocycles. The van der Waals surface area contributed by atoms with Gasteiger partial charge in [0.25, 0.3) is 5.91 Å². The lowest BCUT2D eigenvalue weighted by atomic mass is 10.2. The molecule has 4 nitrogen and oxygen atoms in total. The van der Waals surface area contributed by atoms with E-state index in [-0.39, 0.29) is 5.91 Å². The van der Waals surface area contributed by atoms with Gasteiger partial charge in [-0.1, -0.05) is 36.4 Å². The molecule has 0 saturated heterocycles. The van der Waals surface area contributed by atoms with Crippen LogP contribution in [0, 0.1) is 6.92 Å². The summed E-state index contributed by atoms with van der Waals surface area (Å²) in [5.41, 5.74) is 1.69. The van der Waals surface area contributed by atoms with Crippen LogP contribution in [0.25, 0.3) is 0 Å². The minimum absolute atomic E-state index is 0.204. The zero-order valence-corrected chi connectivity index (χ0v) is 14.8. The van der Waals surface area contributed by atoms with E-state index in [1.54, 1.807) is 19.1 Å². The fourth-order valence-electron chi connectivity index (χ4n) is 2.41. The van der Waals surface area contributed by atoms with Crippen LogP contribution < -0.4 is 14.8 Å². The summed E-state index contributed by atoms with van der Waals surface area (Å²) in [5, 5.41) is 2.85. The Balaban J connectivity index is 1.58. The lowest BCUT2D eigenvalue weighted by molar-refractivity contribution is -0.122. The summed E-state index contributed by atoms with van der Waals surface area (Å²) in [4.78, 5) is 12.3. The average Bonchev–Trinajstić information content (AvgIpc) is 2.66. The van der Waals surface area contributed by atoms with Crippen molar-refractivity contribution in [1.82, 2.24) is 0 Å². The van der Waals surface area contributed by atoms with Gasteiger partial charge >= 0.3 is 0 Å². The van der Waals surface area contributed by atoms with Gasteiger partial charge in [-0.25, -0.2) is 0 Å². The molecule has 4 heteroatoms. The Morgan fingerprint density at radius 2 is 1.46 bits per heavy atom. The lowest BCUT2D eigenvalue weighted by Crippen LogP contribution is -2.30. The van der Waals surface area contributed by atoms with Crippen molar-refractivity contribution in [1.29, 1.82) is 0 Å². The number of hydrogen-bond acceptors (Lipinski definition) is 3. The number of carbonyl (C=O) groups excluding carboxylic acids is 1. The predicted octanol–water partition coefficient (Wildman–Crippen LogP) is 5.19. The third-order valence-corrected chi connectivity index (χ3v) is 3.87. The summed E-state index contributed by atoms with van der Waals surface area (Å²) in [6.07, 6.45) is -0.601. The number of para-hydroxylation sites is 2. The van der Waals surface area contributed by atoms with Gasteiger partial charge in [-0.05, 0) is 61.9 Å². The van der Waals surface area contributed by atoms with E-state index in [1.165, 1.54) is 0 Å². The van der Waals surface area contributed by atoms with E-state index in [0.29, 0.717) is 17.2 Å². The molecule has 0 aromatic heterocycles. The predicted molar refractivity (Wildman–Crippen MR) is 103 cm³/mol. The highest BCUT2D eigenvalue weighted by Crippen LogP contribution is 2.23. The Labute approximate surface area is 153 Å². The average molecular weight is 347 g/mol. The topological polar surface area (TPSA) is 47.6 Å². The maximum atomic E-state index is 12.3. The number of nitrogens with one attached hydrogen (secondary N) is 1. The van der Waals surface area contributed by atoms with Crippen molar-refractivity contribution in [2.75, 3.05) is 5.32 Å². The Morgan fingerprint density at radius 1 is 0.846 bits per heavy atom. The number of carbonyl (C=O) groups is 1. The van der Waals surface area contributed by atoms with Crippen LogP contribution in [-0.4, -0.2) is 12.0 Å². The molecule has 0 fully saturated rings. The van der Waals surface area contributed by atoms with Gasteiger partial charge in [0.2, 0.25) is 0 Å². The van der Waals surface area contributed by atoms with E-state index in [0.717, 1.165) is 11.3 Å². The summed E-state index contributed by atoms with van der Waals surface area (Å²) < 4.78 is 11.5. The number of ether oxygens (including phenoxy) is 2. The molecule has 132 valence electrons. The fourth-order valence-corrected chi connectivity index (χ4v) is 2.41. The van der Waals surface area contributed by atoms with Crippen LogP contribution in [0.4, 0.5) is 5.69 Å². The quantitative estimate of drug-likeness (QED) is 0.667. The molecule has 3 aromatic carbocycles. The second-order valence-corrected chi connectivity index (χ2v) is 5.95. The first kappa shape index (κ1) is 17.5. The summed E-state index contributed by atoms with van der Waals surface area (Å²) in [6.45, 7) is 3.68. The summed E-state index contributed by atoms with van der Waals surface area (Å²) in [6, 6.07) is 24.4. The lowest BCUT2D eigenvalue weighted by Gasteiger charge is -2.16. The molecule has 0 spiro atoms. The van der Waals surface area contributed by atoms with Gasteiger partial charge in [-0.2, -0.15) is 0 Å². The summed E-state index contributed by atoms with van der Waals surface area (Å²) in [7, 11) is 0. The van der Waals surface area contributed by atoms with Crippen molar-refractivity contribution in [2.24, 2.45) is 0 Å². The molecule has 1 amide bonds. The molecule has 0 radical (unpaired) electrons. The van der Waals surface area contributed by atoms with Crippen molar-refractivity contribution in [3.63, 3.8) is 0 Å². The normalized spacial score (nSPS) is 11.5. The summed E-state index contributed by atoms with van der Waals surface area (Å²) in [5.74, 6) is 1.98. The molecule has 0 heterocycles. The number of hydrogen-bond donors (Lipinski definition) is 1. The first-order valence-corrected chi connectivity index (χ1v) is 8.48. The Bertz CT molecular complexity index is 860. The number of aryl methyl sites for hydroxylation is 1. The molecular weight excluding hydrogens is 326 g/mol. The van der Waals surface area contributed by atoms with E-state index in [1.807, 2.05) is 73.7 Å². The van der Waals surface area contributed by atoms with Crippen LogP contribution in [0.3, 0.4) is 0 Å². The SMILES string of the molecule is Cc1ccccc1O[C@H](C)C(=O)Nc1ccc(Oc2ccccc2)cc1. The van der Waals surface area contributed by atoms with Crippen molar-refractivity contribution >= 4 is 11.6 Å². The third kappa shape index (κ3) is 4.63. The van der Waals surface area contributed by atoms with Crippen LogP contribution in [0.5, 0.6) is 17.2 Å². The number of amides is 1. The molecule has 0 aliphatic carbocycles. The summed E-state index contributed by atoms with van der Waals surface area (Å²) >= 11 is 0. The Morgan fingerprint density at radius 3 is 2.15 bits per heavy atom. The van der Waals surface area contributed by atoms with Gasteiger partial charge in [0, 0.05) is 5.69 Å². The molecule has 0 bridgehead atoms. The standard InChI is InChI=1S/C22H21NO3/c1-16-8-6-7-11-21(16)25-17(2)22(24)23-18-12-14-20(15-13-18)26-19-9-4-3-5-10-19/h3-15,17H,1-2H3,(H,23,24)/t17-/m1/s1. The van der Waals surface area contributed by atoms with Crippen molar-refractivity contribution in [2.45, 2.75) is 20.0 Å². The van der Waals surface area contributed by atoms with Crippen molar-refractivity contribution in [3.05, 3.63) is 84.4 Å². The maximum absolute atomic E-state index is 12.3. The van der Waals surface area contributed by atoms with E-state index in [9.17, 15) is 4.79 Å². The van der Waals surface area contributed by atoms with E-state index < -0.39 is 6.10 Å². The number of benzene rings is 3. The highest BCUT2D eigenvalue weighted by molar-refractivity contribution is 5.94. The number of anilines is 1. The molecule has 0 unspecified atom stereocenters. The van der Waals surface area contributed by atoms with Gasteiger partial charge in [0.05, 0.1) is 0 Å². The van der Waals surface area contributed by atoms with Gasteiger partial charge in [0.1, 0.15) is 17.2 Å². The number of rotatable bonds is 6. The Hall–Kier alpha value is -3.27. The molecule has 0 saturated carbocycles. The van der Waals surface area contributed by atoms with Gasteiger partial charge in [-0.3, -0.25) is 4.79 Å².